The minimum atomic E-state index is -0.789. The maximum atomic E-state index is 13.2. The van der Waals surface area contributed by atoms with Crippen LogP contribution in [0.25, 0.3) is 0 Å². The summed E-state index contributed by atoms with van der Waals surface area (Å²) in [6, 6.07) is -0.704. The highest BCUT2D eigenvalue weighted by Crippen LogP contribution is 2.18. The molecular formula is C56H107NO5. The Morgan fingerprint density at radius 2 is 0.774 bits per heavy atom. The average Bonchev–Trinajstić information content (AvgIpc) is 3.26. The van der Waals surface area contributed by atoms with Crippen LogP contribution < -0.4 is 5.32 Å². The number of aliphatic hydroxyl groups is 2. The minimum absolute atomic E-state index is 0.0700. The zero-order valence-corrected chi connectivity index (χ0v) is 41.8. The fourth-order valence-corrected chi connectivity index (χ4v) is 8.54. The van der Waals surface area contributed by atoms with Gasteiger partial charge in [-0.25, -0.2) is 0 Å². The number of rotatable bonds is 50. The summed E-state index contributed by atoms with van der Waals surface area (Å²) in [5, 5.41) is 23.8. The van der Waals surface area contributed by atoms with Gasteiger partial charge in [-0.2, -0.15) is 0 Å². The first-order valence-corrected chi connectivity index (χ1v) is 27.6. The Kier molecular flexibility index (Phi) is 49.0. The monoisotopic (exact) mass is 874 g/mol. The molecule has 3 N–H and O–H groups in total. The molecule has 62 heavy (non-hydrogen) atoms. The van der Waals surface area contributed by atoms with E-state index in [0.717, 1.165) is 64.2 Å². The lowest BCUT2D eigenvalue weighted by Gasteiger charge is -2.24. The van der Waals surface area contributed by atoms with Gasteiger partial charge in [-0.1, -0.05) is 231 Å². The molecule has 366 valence electrons. The molecule has 0 rings (SSSR count). The maximum absolute atomic E-state index is 13.2. The summed E-state index contributed by atoms with van der Waals surface area (Å²) in [5.74, 6) is -0.488. The van der Waals surface area contributed by atoms with Crippen LogP contribution in [0.15, 0.2) is 24.3 Å². The highest BCUT2D eigenvalue weighted by atomic mass is 16.5. The first kappa shape index (κ1) is 60.3. The molecule has 0 aromatic carbocycles. The molecule has 3 atom stereocenters. The van der Waals surface area contributed by atoms with Gasteiger partial charge in [0.2, 0.25) is 5.91 Å². The third-order valence-corrected chi connectivity index (χ3v) is 12.8. The summed E-state index contributed by atoms with van der Waals surface area (Å²) in [4.78, 5) is 26.2. The van der Waals surface area contributed by atoms with Crippen LogP contribution in [0, 0.1) is 0 Å². The van der Waals surface area contributed by atoms with Gasteiger partial charge in [-0.05, 0) is 77.0 Å². The SMILES string of the molecule is CCCCCC/C=C\CCCCCCCC(CC(=O)NC(CO)C(O)CCCCCCCCCCCCCCCCCCC)OC(=O)CCCCC/C=C\CCCCCCCC. The quantitative estimate of drug-likeness (QED) is 0.0321. The molecule has 0 radical (unpaired) electrons. The third kappa shape index (κ3) is 44.9. The Labute approximate surface area is 386 Å². The summed E-state index contributed by atoms with van der Waals surface area (Å²) in [6.07, 6.45) is 58.1. The van der Waals surface area contributed by atoms with Crippen molar-refractivity contribution in [1.82, 2.24) is 5.32 Å². The first-order chi connectivity index (χ1) is 30.5. The van der Waals surface area contributed by atoms with E-state index in [1.807, 2.05) is 0 Å². The number of carbonyl (C=O) groups excluding carboxylic acids is 2. The largest absolute Gasteiger partial charge is 0.462 e. The van der Waals surface area contributed by atoms with Gasteiger partial charge in [0.25, 0.3) is 0 Å². The van der Waals surface area contributed by atoms with Gasteiger partial charge in [-0.3, -0.25) is 9.59 Å². The van der Waals surface area contributed by atoms with Gasteiger partial charge in [0.15, 0.2) is 0 Å². The van der Waals surface area contributed by atoms with Crippen molar-refractivity contribution in [3.05, 3.63) is 24.3 Å². The number of aliphatic hydroxyl groups excluding tert-OH is 2. The number of unbranched alkanes of at least 4 members (excludes halogenated alkanes) is 34. The highest BCUT2D eigenvalue weighted by molar-refractivity contribution is 5.77. The molecule has 1 amide bonds. The third-order valence-electron chi connectivity index (χ3n) is 12.8. The Bertz CT molecular complexity index is 981. The lowest BCUT2D eigenvalue weighted by molar-refractivity contribution is -0.151. The van der Waals surface area contributed by atoms with Crippen LogP contribution in [-0.2, 0) is 14.3 Å². The van der Waals surface area contributed by atoms with Gasteiger partial charge >= 0.3 is 5.97 Å². The van der Waals surface area contributed by atoms with Crippen LogP contribution >= 0.6 is 0 Å². The second kappa shape index (κ2) is 50.3. The molecule has 0 aromatic rings. The fourth-order valence-electron chi connectivity index (χ4n) is 8.54. The number of esters is 1. The van der Waals surface area contributed by atoms with E-state index in [-0.39, 0.29) is 24.9 Å². The van der Waals surface area contributed by atoms with Crippen molar-refractivity contribution in [1.29, 1.82) is 0 Å². The summed E-state index contributed by atoms with van der Waals surface area (Å²) < 4.78 is 5.93. The Hall–Kier alpha value is -1.66. The summed E-state index contributed by atoms with van der Waals surface area (Å²) in [6.45, 7) is 6.48. The van der Waals surface area contributed by atoms with E-state index in [2.05, 4.69) is 50.4 Å². The first-order valence-electron chi connectivity index (χ1n) is 27.6. The van der Waals surface area contributed by atoms with Crippen molar-refractivity contribution in [2.75, 3.05) is 6.61 Å². The van der Waals surface area contributed by atoms with E-state index in [9.17, 15) is 19.8 Å². The second-order valence-corrected chi connectivity index (χ2v) is 19.0. The van der Waals surface area contributed by atoms with Crippen LogP contribution in [0.5, 0.6) is 0 Å². The van der Waals surface area contributed by atoms with Gasteiger partial charge in [0.05, 0.1) is 25.2 Å². The lowest BCUT2D eigenvalue weighted by atomic mass is 10.0. The van der Waals surface area contributed by atoms with E-state index >= 15 is 0 Å². The van der Waals surface area contributed by atoms with E-state index in [1.165, 1.54) is 186 Å². The Morgan fingerprint density at radius 1 is 0.452 bits per heavy atom. The Morgan fingerprint density at radius 3 is 1.16 bits per heavy atom. The average molecular weight is 874 g/mol. The van der Waals surface area contributed by atoms with Crippen LogP contribution in [-0.4, -0.2) is 46.9 Å². The molecule has 0 heterocycles. The fraction of sp³-hybridized carbons (Fsp3) is 0.893. The highest BCUT2D eigenvalue weighted by Gasteiger charge is 2.24. The zero-order chi connectivity index (χ0) is 45.2. The normalized spacial score (nSPS) is 13.3. The second-order valence-electron chi connectivity index (χ2n) is 19.0. The number of hydrogen-bond donors (Lipinski definition) is 3. The number of carbonyl (C=O) groups is 2. The van der Waals surface area contributed by atoms with Crippen LogP contribution in [0.2, 0.25) is 0 Å². The molecular weight excluding hydrogens is 767 g/mol. The van der Waals surface area contributed by atoms with Gasteiger partial charge in [-0.15, -0.1) is 0 Å². The van der Waals surface area contributed by atoms with Crippen LogP contribution in [0.3, 0.4) is 0 Å². The van der Waals surface area contributed by atoms with E-state index < -0.39 is 18.2 Å². The standard InChI is InChI=1S/C56H107NO5/c1-4-7-10-13-16-19-22-25-26-27-28-31-33-36-39-42-45-48-54(59)53(51-58)57-55(60)50-52(47-44-41-38-35-32-29-23-20-17-14-11-8-5-2)62-56(61)49-46-43-40-37-34-30-24-21-18-15-12-9-6-3/h20,23,30,34,52-54,58-59H,4-19,21-22,24-29,31-33,35-51H2,1-3H3,(H,57,60)/b23-20-,34-30-. The lowest BCUT2D eigenvalue weighted by Crippen LogP contribution is -2.46. The van der Waals surface area contributed by atoms with Crippen LogP contribution in [0.1, 0.15) is 297 Å². The molecule has 6 heteroatoms. The van der Waals surface area contributed by atoms with Gasteiger partial charge < -0.3 is 20.3 Å². The predicted molar refractivity (Wildman–Crippen MR) is 269 cm³/mol. The van der Waals surface area contributed by atoms with Gasteiger partial charge in [0, 0.05) is 6.42 Å². The maximum Gasteiger partial charge on any atom is 0.306 e. The molecule has 0 aliphatic rings. The van der Waals surface area contributed by atoms with E-state index in [4.69, 9.17) is 4.74 Å². The molecule has 0 bridgehead atoms. The summed E-state index contributed by atoms with van der Waals surface area (Å²) in [7, 11) is 0. The molecule has 0 aliphatic heterocycles. The van der Waals surface area contributed by atoms with Crippen molar-refractivity contribution < 1.29 is 24.5 Å². The molecule has 3 unspecified atom stereocenters. The van der Waals surface area contributed by atoms with E-state index in [1.54, 1.807) is 0 Å². The van der Waals surface area contributed by atoms with Gasteiger partial charge in [0.1, 0.15) is 6.10 Å². The molecule has 0 saturated heterocycles. The topological polar surface area (TPSA) is 95.9 Å². The molecule has 0 spiro atoms. The molecule has 0 aromatic heterocycles. The number of allylic oxidation sites excluding steroid dienone is 4. The zero-order valence-electron chi connectivity index (χ0n) is 41.8. The smallest absolute Gasteiger partial charge is 0.306 e. The van der Waals surface area contributed by atoms with Crippen molar-refractivity contribution in [2.24, 2.45) is 0 Å². The van der Waals surface area contributed by atoms with Crippen molar-refractivity contribution >= 4 is 11.9 Å². The van der Waals surface area contributed by atoms with Crippen molar-refractivity contribution in [3.63, 3.8) is 0 Å². The van der Waals surface area contributed by atoms with Crippen molar-refractivity contribution in [2.45, 2.75) is 315 Å². The van der Waals surface area contributed by atoms with E-state index in [0.29, 0.717) is 19.3 Å². The molecule has 0 aliphatic carbocycles. The number of amides is 1. The number of nitrogens with one attached hydrogen (secondary N) is 1. The number of ether oxygens (including phenoxy) is 1. The molecule has 0 fully saturated rings. The summed E-state index contributed by atoms with van der Waals surface area (Å²) >= 11 is 0. The predicted octanol–water partition coefficient (Wildman–Crippen LogP) is 16.7. The molecule has 0 saturated carbocycles. The van der Waals surface area contributed by atoms with Crippen LogP contribution in [0.4, 0.5) is 0 Å². The number of hydrogen-bond acceptors (Lipinski definition) is 5. The Balaban J connectivity index is 4.51. The van der Waals surface area contributed by atoms with Crippen molar-refractivity contribution in [3.8, 4) is 0 Å². The minimum Gasteiger partial charge on any atom is -0.462 e. The molecule has 6 nitrogen and oxygen atoms in total. The summed E-state index contributed by atoms with van der Waals surface area (Å²) in [5.41, 5.74) is 0.